The molecule has 1 heterocycles. The van der Waals surface area contributed by atoms with Crippen molar-refractivity contribution in [3.05, 3.63) is 34.3 Å². The molecule has 0 aliphatic rings. The van der Waals surface area contributed by atoms with Gasteiger partial charge in [-0.2, -0.15) is 5.26 Å². The van der Waals surface area contributed by atoms with E-state index in [0.717, 1.165) is 5.56 Å². The minimum absolute atomic E-state index is 0.120. The van der Waals surface area contributed by atoms with E-state index in [-0.39, 0.29) is 6.04 Å². The minimum atomic E-state index is -0.549. The highest BCUT2D eigenvalue weighted by molar-refractivity contribution is 5.73. The Bertz CT molecular complexity index is 661. The van der Waals surface area contributed by atoms with Gasteiger partial charge in [0.05, 0.1) is 23.0 Å². The quantitative estimate of drug-likeness (QED) is 0.865. The molecule has 5 heteroatoms. The first-order valence-electron chi connectivity index (χ1n) is 5.69. The first kappa shape index (κ1) is 12.4. The number of aromatic nitrogens is 1. The van der Waals surface area contributed by atoms with Crippen molar-refractivity contribution >= 4 is 11.1 Å². The summed E-state index contributed by atoms with van der Waals surface area (Å²) in [6.07, 6.45) is 0. The van der Waals surface area contributed by atoms with Crippen LogP contribution in [0, 0.1) is 16.7 Å². The third-order valence-electron chi connectivity index (χ3n) is 3.07. The zero-order valence-electron chi connectivity index (χ0n) is 10.6. The SMILES string of the molecule is CNC(c1ccc2oc(=O)[nH]c2c1)C(C)(C)C#N. The van der Waals surface area contributed by atoms with Crippen LogP contribution in [0.4, 0.5) is 0 Å². The van der Waals surface area contributed by atoms with Crippen LogP contribution in [0.25, 0.3) is 11.1 Å². The Kier molecular flexibility index (Phi) is 2.97. The maximum Gasteiger partial charge on any atom is 0.417 e. The first-order valence-corrected chi connectivity index (χ1v) is 5.69. The van der Waals surface area contributed by atoms with Crippen molar-refractivity contribution in [2.75, 3.05) is 7.05 Å². The molecule has 94 valence electrons. The fraction of sp³-hybridized carbons (Fsp3) is 0.385. The molecule has 2 rings (SSSR count). The van der Waals surface area contributed by atoms with Crippen molar-refractivity contribution in [2.24, 2.45) is 5.41 Å². The van der Waals surface area contributed by atoms with Gasteiger partial charge in [-0.3, -0.25) is 4.98 Å². The van der Waals surface area contributed by atoms with Crippen molar-refractivity contribution in [1.29, 1.82) is 5.26 Å². The number of H-pyrrole nitrogens is 1. The van der Waals surface area contributed by atoms with E-state index in [2.05, 4.69) is 16.4 Å². The fourth-order valence-electron chi connectivity index (χ4n) is 2.16. The van der Waals surface area contributed by atoms with Gasteiger partial charge in [-0.1, -0.05) is 6.07 Å². The third kappa shape index (κ3) is 2.03. The second kappa shape index (κ2) is 4.31. The lowest BCUT2D eigenvalue weighted by molar-refractivity contribution is 0.344. The highest BCUT2D eigenvalue weighted by Gasteiger charge is 2.29. The number of rotatable bonds is 3. The van der Waals surface area contributed by atoms with Crippen LogP contribution in [-0.4, -0.2) is 12.0 Å². The second-order valence-electron chi connectivity index (χ2n) is 4.83. The zero-order chi connectivity index (χ0) is 13.3. The maximum atomic E-state index is 11.1. The van der Waals surface area contributed by atoms with E-state index in [1.54, 1.807) is 6.07 Å². The van der Waals surface area contributed by atoms with Crippen LogP contribution in [0.2, 0.25) is 0 Å². The van der Waals surface area contributed by atoms with Crippen molar-refractivity contribution < 1.29 is 4.42 Å². The number of oxazole rings is 1. The fourth-order valence-corrected chi connectivity index (χ4v) is 2.16. The molecule has 0 saturated carbocycles. The van der Waals surface area contributed by atoms with E-state index in [1.807, 2.05) is 33.0 Å². The van der Waals surface area contributed by atoms with Crippen LogP contribution in [0.3, 0.4) is 0 Å². The number of aromatic amines is 1. The Hall–Kier alpha value is -2.06. The average Bonchev–Trinajstić information content (AvgIpc) is 2.69. The number of nitrogens with one attached hydrogen (secondary N) is 2. The summed E-state index contributed by atoms with van der Waals surface area (Å²) in [6.45, 7) is 3.74. The van der Waals surface area contributed by atoms with Crippen molar-refractivity contribution in [2.45, 2.75) is 19.9 Å². The molecule has 0 aliphatic heterocycles. The molecule has 0 spiro atoms. The van der Waals surface area contributed by atoms with Gasteiger partial charge in [0.2, 0.25) is 0 Å². The summed E-state index contributed by atoms with van der Waals surface area (Å²) >= 11 is 0. The van der Waals surface area contributed by atoms with Gasteiger partial charge >= 0.3 is 5.76 Å². The topological polar surface area (TPSA) is 81.8 Å². The molecular formula is C13H15N3O2. The number of benzene rings is 1. The lowest BCUT2D eigenvalue weighted by Gasteiger charge is -2.28. The molecular weight excluding hydrogens is 230 g/mol. The number of nitriles is 1. The summed E-state index contributed by atoms with van der Waals surface area (Å²) in [6, 6.07) is 7.60. The standard InChI is InChI=1S/C13H15N3O2/c1-13(2,7-14)11(15-3)8-4-5-10-9(6-8)16-12(17)18-10/h4-6,11,15H,1-3H3,(H,16,17). The Labute approximate surface area is 104 Å². The van der Waals surface area contributed by atoms with Crippen molar-refractivity contribution in [1.82, 2.24) is 10.3 Å². The molecule has 0 saturated heterocycles. The van der Waals surface area contributed by atoms with Gasteiger partial charge in [-0.05, 0) is 38.6 Å². The van der Waals surface area contributed by atoms with Gasteiger partial charge in [0.1, 0.15) is 0 Å². The van der Waals surface area contributed by atoms with Crippen LogP contribution in [-0.2, 0) is 0 Å². The van der Waals surface area contributed by atoms with E-state index in [1.165, 1.54) is 0 Å². The predicted molar refractivity (Wildman–Crippen MR) is 68.0 cm³/mol. The van der Waals surface area contributed by atoms with Crippen molar-refractivity contribution in [3.8, 4) is 6.07 Å². The molecule has 1 aromatic heterocycles. The van der Waals surface area contributed by atoms with Crippen LogP contribution in [0.15, 0.2) is 27.4 Å². The Morgan fingerprint density at radius 1 is 1.50 bits per heavy atom. The van der Waals surface area contributed by atoms with Gasteiger partial charge in [-0.15, -0.1) is 0 Å². The van der Waals surface area contributed by atoms with E-state index in [0.29, 0.717) is 11.1 Å². The normalized spacial score (nSPS) is 13.4. The van der Waals surface area contributed by atoms with E-state index >= 15 is 0 Å². The van der Waals surface area contributed by atoms with Crippen LogP contribution >= 0.6 is 0 Å². The predicted octanol–water partition coefficient (Wildman–Crippen LogP) is 1.93. The van der Waals surface area contributed by atoms with Crippen LogP contribution in [0.1, 0.15) is 25.5 Å². The van der Waals surface area contributed by atoms with Crippen LogP contribution in [0.5, 0.6) is 0 Å². The molecule has 2 aromatic rings. The van der Waals surface area contributed by atoms with Gasteiger partial charge < -0.3 is 9.73 Å². The summed E-state index contributed by atoms with van der Waals surface area (Å²) in [7, 11) is 1.81. The lowest BCUT2D eigenvalue weighted by Crippen LogP contribution is -2.30. The Balaban J connectivity index is 2.52. The summed E-state index contributed by atoms with van der Waals surface area (Å²) in [5.74, 6) is -0.470. The smallest absolute Gasteiger partial charge is 0.408 e. The van der Waals surface area contributed by atoms with Gasteiger partial charge in [0.15, 0.2) is 5.58 Å². The molecule has 0 amide bonds. The monoisotopic (exact) mass is 245 g/mol. The molecule has 1 atom stereocenters. The average molecular weight is 245 g/mol. The summed E-state index contributed by atoms with van der Waals surface area (Å²) in [5.41, 5.74) is 1.56. The third-order valence-corrected chi connectivity index (χ3v) is 3.07. The highest BCUT2D eigenvalue weighted by Crippen LogP contribution is 2.33. The minimum Gasteiger partial charge on any atom is -0.408 e. The first-order chi connectivity index (χ1) is 8.47. The van der Waals surface area contributed by atoms with Gasteiger partial charge in [0, 0.05) is 0 Å². The van der Waals surface area contributed by atoms with Crippen molar-refractivity contribution in [3.63, 3.8) is 0 Å². The number of fused-ring (bicyclic) bond motifs is 1. The molecule has 5 nitrogen and oxygen atoms in total. The summed E-state index contributed by atoms with van der Waals surface area (Å²) in [4.78, 5) is 13.7. The van der Waals surface area contributed by atoms with Gasteiger partial charge in [-0.25, -0.2) is 4.79 Å². The Morgan fingerprint density at radius 3 is 2.83 bits per heavy atom. The second-order valence-corrected chi connectivity index (χ2v) is 4.83. The molecule has 0 bridgehead atoms. The molecule has 1 unspecified atom stereocenters. The molecule has 0 fully saturated rings. The Morgan fingerprint density at radius 2 is 2.22 bits per heavy atom. The maximum absolute atomic E-state index is 11.1. The van der Waals surface area contributed by atoms with E-state index in [9.17, 15) is 10.1 Å². The van der Waals surface area contributed by atoms with E-state index < -0.39 is 11.2 Å². The molecule has 0 aliphatic carbocycles. The molecule has 18 heavy (non-hydrogen) atoms. The summed E-state index contributed by atoms with van der Waals surface area (Å²) in [5, 5.41) is 12.3. The lowest BCUT2D eigenvalue weighted by atomic mass is 9.82. The largest absolute Gasteiger partial charge is 0.417 e. The van der Waals surface area contributed by atoms with Crippen LogP contribution < -0.4 is 11.1 Å². The molecule has 1 aromatic carbocycles. The molecule has 2 N–H and O–H groups in total. The number of nitrogens with zero attached hydrogens (tertiary/aromatic N) is 1. The number of hydrogen-bond acceptors (Lipinski definition) is 4. The van der Waals surface area contributed by atoms with E-state index in [4.69, 9.17) is 4.42 Å². The summed E-state index contributed by atoms with van der Waals surface area (Å²) < 4.78 is 4.95. The highest BCUT2D eigenvalue weighted by atomic mass is 16.4. The van der Waals surface area contributed by atoms with Gasteiger partial charge in [0.25, 0.3) is 0 Å². The zero-order valence-corrected chi connectivity index (χ0v) is 10.6. The molecule has 0 radical (unpaired) electrons. The number of hydrogen-bond donors (Lipinski definition) is 2.